The van der Waals surface area contributed by atoms with Crippen molar-refractivity contribution in [3.8, 4) is 0 Å². The molecule has 1 atom stereocenters. The number of nitrogens with zero attached hydrogens (tertiary/aromatic N) is 4. The molecule has 0 saturated carbocycles. The third-order valence-electron chi connectivity index (χ3n) is 5.08. The van der Waals surface area contributed by atoms with Crippen LogP contribution in [0.5, 0.6) is 0 Å². The van der Waals surface area contributed by atoms with Crippen LogP contribution in [-0.4, -0.2) is 77.8 Å². The van der Waals surface area contributed by atoms with E-state index in [1.54, 1.807) is 6.20 Å². The molecular weight excluding hydrogens is 328 g/mol. The molecule has 0 aliphatic carbocycles. The Hall–Kier alpha value is -2.47. The molecule has 0 spiro atoms. The SMILES string of the molecule is C[C@H](C(=O)N1CCCN(C(=O)c2ccc3cccnc3c2)CC1)N(C)C. The van der Waals surface area contributed by atoms with Crippen LogP contribution in [0.25, 0.3) is 10.9 Å². The Morgan fingerprint density at radius 2 is 1.81 bits per heavy atom. The van der Waals surface area contributed by atoms with Crippen LogP contribution < -0.4 is 0 Å². The molecule has 3 rings (SSSR count). The Morgan fingerprint density at radius 3 is 2.58 bits per heavy atom. The summed E-state index contributed by atoms with van der Waals surface area (Å²) >= 11 is 0. The topological polar surface area (TPSA) is 56.8 Å². The lowest BCUT2D eigenvalue weighted by Gasteiger charge is -2.27. The fourth-order valence-corrected chi connectivity index (χ4v) is 3.21. The highest BCUT2D eigenvalue weighted by molar-refractivity contribution is 5.97. The van der Waals surface area contributed by atoms with E-state index in [1.807, 2.05) is 66.1 Å². The zero-order valence-electron chi connectivity index (χ0n) is 15.7. The average molecular weight is 354 g/mol. The molecule has 2 aromatic rings. The van der Waals surface area contributed by atoms with Crippen LogP contribution in [0.1, 0.15) is 23.7 Å². The molecule has 0 bridgehead atoms. The first kappa shape index (κ1) is 18.3. The van der Waals surface area contributed by atoms with Gasteiger partial charge in [0.2, 0.25) is 5.91 Å². The Kier molecular flexibility index (Phi) is 5.52. The fraction of sp³-hybridized carbons (Fsp3) is 0.450. The summed E-state index contributed by atoms with van der Waals surface area (Å²) in [5, 5.41) is 1.02. The average Bonchev–Trinajstić information content (AvgIpc) is 2.92. The van der Waals surface area contributed by atoms with Gasteiger partial charge < -0.3 is 9.80 Å². The number of carbonyl (C=O) groups excluding carboxylic acids is 2. The molecule has 1 aromatic carbocycles. The number of rotatable bonds is 3. The van der Waals surface area contributed by atoms with Crippen LogP contribution in [-0.2, 0) is 4.79 Å². The number of hydrogen-bond donors (Lipinski definition) is 0. The number of hydrogen-bond acceptors (Lipinski definition) is 4. The third kappa shape index (κ3) is 3.85. The van der Waals surface area contributed by atoms with Gasteiger partial charge >= 0.3 is 0 Å². The second-order valence-electron chi connectivity index (χ2n) is 7.02. The van der Waals surface area contributed by atoms with Gasteiger partial charge in [0.1, 0.15) is 0 Å². The van der Waals surface area contributed by atoms with Crippen molar-refractivity contribution < 1.29 is 9.59 Å². The lowest BCUT2D eigenvalue weighted by Crippen LogP contribution is -2.45. The monoisotopic (exact) mass is 354 g/mol. The summed E-state index contributed by atoms with van der Waals surface area (Å²) in [6, 6.07) is 9.36. The van der Waals surface area contributed by atoms with Gasteiger partial charge in [-0.3, -0.25) is 19.5 Å². The second kappa shape index (κ2) is 7.83. The van der Waals surface area contributed by atoms with Crippen molar-refractivity contribution in [3.63, 3.8) is 0 Å². The molecule has 2 heterocycles. The van der Waals surface area contributed by atoms with Gasteiger partial charge in [0, 0.05) is 43.3 Å². The summed E-state index contributed by atoms with van der Waals surface area (Å²) < 4.78 is 0. The minimum atomic E-state index is -0.149. The molecule has 1 aliphatic heterocycles. The van der Waals surface area contributed by atoms with E-state index in [0.717, 1.165) is 17.3 Å². The summed E-state index contributed by atoms with van der Waals surface area (Å²) in [7, 11) is 3.81. The molecule has 6 heteroatoms. The second-order valence-corrected chi connectivity index (χ2v) is 7.02. The van der Waals surface area contributed by atoms with Crippen LogP contribution >= 0.6 is 0 Å². The zero-order chi connectivity index (χ0) is 18.7. The van der Waals surface area contributed by atoms with Crippen molar-refractivity contribution in [1.29, 1.82) is 0 Å². The highest BCUT2D eigenvalue weighted by Gasteiger charge is 2.26. The number of benzene rings is 1. The van der Waals surface area contributed by atoms with E-state index in [4.69, 9.17) is 0 Å². The van der Waals surface area contributed by atoms with E-state index >= 15 is 0 Å². The van der Waals surface area contributed by atoms with Crippen molar-refractivity contribution in [2.45, 2.75) is 19.4 Å². The Morgan fingerprint density at radius 1 is 1.08 bits per heavy atom. The normalized spacial score (nSPS) is 16.6. The zero-order valence-corrected chi connectivity index (χ0v) is 15.7. The summed E-state index contributed by atoms with van der Waals surface area (Å²) in [4.78, 5) is 35.4. The summed E-state index contributed by atoms with van der Waals surface area (Å²) in [6.07, 6.45) is 2.53. The Balaban J connectivity index is 1.69. The van der Waals surface area contributed by atoms with E-state index in [9.17, 15) is 9.59 Å². The maximum absolute atomic E-state index is 12.9. The van der Waals surface area contributed by atoms with Gasteiger partial charge in [-0.2, -0.15) is 0 Å². The number of amides is 2. The number of pyridine rings is 1. The van der Waals surface area contributed by atoms with Crippen LogP contribution in [0.4, 0.5) is 0 Å². The third-order valence-corrected chi connectivity index (χ3v) is 5.08. The van der Waals surface area contributed by atoms with Crippen LogP contribution in [0, 0.1) is 0 Å². The van der Waals surface area contributed by atoms with E-state index in [1.165, 1.54) is 0 Å². The van der Waals surface area contributed by atoms with Gasteiger partial charge in [-0.1, -0.05) is 12.1 Å². The predicted molar refractivity (Wildman–Crippen MR) is 102 cm³/mol. The number of carbonyl (C=O) groups is 2. The molecular formula is C20H26N4O2. The predicted octanol–water partition coefficient (Wildman–Crippen LogP) is 1.86. The quantitative estimate of drug-likeness (QED) is 0.844. The minimum Gasteiger partial charge on any atom is -0.340 e. The Bertz CT molecular complexity index is 805. The summed E-state index contributed by atoms with van der Waals surface area (Å²) in [6.45, 7) is 4.41. The summed E-state index contributed by atoms with van der Waals surface area (Å²) in [5.41, 5.74) is 1.47. The van der Waals surface area contributed by atoms with Crippen LogP contribution in [0.3, 0.4) is 0 Å². The van der Waals surface area contributed by atoms with Gasteiger partial charge in [-0.05, 0) is 45.6 Å². The highest BCUT2D eigenvalue weighted by atomic mass is 16.2. The smallest absolute Gasteiger partial charge is 0.253 e. The van der Waals surface area contributed by atoms with Crippen LogP contribution in [0.2, 0.25) is 0 Å². The molecule has 0 N–H and O–H groups in total. The molecule has 1 aliphatic rings. The van der Waals surface area contributed by atoms with Gasteiger partial charge in [-0.25, -0.2) is 0 Å². The molecule has 0 unspecified atom stereocenters. The maximum Gasteiger partial charge on any atom is 0.253 e. The molecule has 0 radical (unpaired) electrons. The largest absolute Gasteiger partial charge is 0.340 e. The standard InChI is InChI=1S/C20H26N4O2/c1-15(22(2)3)19(25)23-10-5-11-24(13-12-23)20(26)17-8-7-16-6-4-9-21-18(16)14-17/h4,6-9,14-15H,5,10-13H2,1-3H3/t15-/m1/s1. The lowest BCUT2D eigenvalue weighted by atomic mass is 10.1. The molecule has 6 nitrogen and oxygen atoms in total. The Labute approximate surface area is 154 Å². The van der Waals surface area contributed by atoms with Crippen LogP contribution in [0.15, 0.2) is 36.5 Å². The van der Waals surface area contributed by atoms with Crippen molar-refractivity contribution in [2.24, 2.45) is 0 Å². The van der Waals surface area contributed by atoms with Gasteiger partial charge in [0.15, 0.2) is 0 Å². The first-order valence-corrected chi connectivity index (χ1v) is 9.06. The number of likely N-dealkylation sites (N-methyl/N-ethyl adjacent to an activating group) is 1. The number of fused-ring (bicyclic) bond motifs is 1. The van der Waals surface area contributed by atoms with Gasteiger partial charge in [0.05, 0.1) is 11.6 Å². The lowest BCUT2D eigenvalue weighted by molar-refractivity contribution is -0.135. The maximum atomic E-state index is 12.9. The molecule has 26 heavy (non-hydrogen) atoms. The molecule has 1 aromatic heterocycles. The van der Waals surface area contributed by atoms with Crippen molar-refractivity contribution in [2.75, 3.05) is 40.3 Å². The minimum absolute atomic E-state index is 0.00695. The molecule has 138 valence electrons. The molecule has 1 fully saturated rings. The van der Waals surface area contributed by atoms with Gasteiger partial charge in [0.25, 0.3) is 5.91 Å². The van der Waals surface area contributed by atoms with E-state index < -0.39 is 0 Å². The van der Waals surface area contributed by atoms with Crippen molar-refractivity contribution in [3.05, 3.63) is 42.1 Å². The van der Waals surface area contributed by atoms with E-state index in [0.29, 0.717) is 31.7 Å². The number of aromatic nitrogens is 1. The van der Waals surface area contributed by atoms with Gasteiger partial charge in [-0.15, -0.1) is 0 Å². The summed E-state index contributed by atoms with van der Waals surface area (Å²) in [5.74, 6) is 0.131. The van der Waals surface area contributed by atoms with Crippen molar-refractivity contribution >= 4 is 22.7 Å². The molecule has 1 saturated heterocycles. The highest BCUT2D eigenvalue weighted by Crippen LogP contribution is 2.16. The van der Waals surface area contributed by atoms with Crippen molar-refractivity contribution in [1.82, 2.24) is 19.7 Å². The first-order chi connectivity index (χ1) is 12.5. The first-order valence-electron chi connectivity index (χ1n) is 9.06. The molecule has 2 amide bonds. The fourth-order valence-electron chi connectivity index (χ4n) is 3.21. The van der Waals surface area contributed by atoms with E-state index in [-0.39, 0.29) is 17.9 Å². The van der Waals surface area contributed by atoms with E-state index in [2.05, 4.69) is 4.98 Å².